The number of H-pyrrole nitrogens is 1. The number of anilines is 1. The first kappa shape index (κ1) is 11.3. The summed E-state index contributed by atoms with van der Waals surface area (Å²) in [5.41, 5.74) is 2.11. The lowest BCUT2D eigenvalue weighted by atomic mass is 10.1. The molecule has 18 heavy (non-hydrogen) atoms. The summed E-state index contributed by atoms with van der Waals surface area (Å²) in [4.78, 5) is 12.1. The molecule has 1 atom stereocenters. The number of fused-ring (bicyclic) bond motifs is 1. The van der Waals surface area contributed by atoms with E-state index in [0.717, 1.165) is 23.6 Å². The summed E-state index contributed by atoms with van der Waals surface area (Å²) in [6.07, 6.45) is 3.33. The maximum Gasteiger partial charge on any atom is 0.237 e. The molecule has 0 spiro atoms. The number of carbonyl (C=O) groups is 1. The lowest BCUT2D eigenvalue weighted by molar-refractivity contribution is -0.115. The summed E-state index contributed by atoms with van der Waals surface area (Å²) in [5, 5.41) is 13.9. The Morgan fingerprint density at radius 3 is 3.06 bits per heavy atom. The number of carbonyl (C=O) groups excluding carboxylic acids is 1. The fourth-order valence-electron chi connectivity index (χ4n) is 2.00. The van der Waals surface area contributed by atoms with Gasteiger partial charge in [-0.2, -0.15) is 10.3 Å². The van der Waals surface area contributed by atoms with Crippen molar-refractivity contribution >= 4 is 23.4 Å². The second-order valence-electron chi connectivity index (χ2n) is 4.10. The first-order valence-electron chi connectivity index (χ1n) is 5.74. The molecular weight excluding hydrogens is 248 g/mol. The zero-order chi connectivity index (χ0) is 12.4. The van der Waals surface area contributed by atoms with Crippen LogP contribution in [0, 0.1) is 0 Å². The molecule has 0 bridgehead atoms. The van der Waals surface area contributed by atoms with Gasteiger partial charge in [-0.25, -0.2) is 0 Å². The van der Waals surface area contributed by atoms with Crippen LogP contribution in [0.4, 0.5) is 5.69 Å². The molecule has 1 aromatic carbocycles. The highest BCUT2D eigenvalue weighted by Gasteiger charge is 2.25. The average molecular weight is 260 g/mol. The van der Waals surface area contributed by atoms with Crippen molar-refractivity contribution in [1.82, 2.24) is 15.4 Å². The van der Waals surface area contributed by atoms with Gasteiger partial charge in [-0.15, -0.1) is 5.10 Å². The van der Waals surface area contributed by atoms with E-state index in [0.29, 0.717) is 0 Å². The molecule has 1 aromatic heterocycles. The second kappa shape index (κ2) is 4.81. The number of aromatic amines is 1. The van der Waals surface area contributed by atoms with Gasteiger partial charge in [-0.1, -0.05) is 30.0 Å². The maximum atomic E-state index is 12.1. The number of aromatic nitrogens is 3. The lowest BCUT2D eigenvalue weighted by Crippen LogP contribution is -2.23. The van der Waals surface area contributed by atoms with Crippen molar-refractivity contribution in [1.29, 1.82) is 0 Å². The van der Waals surface area contributed by atoms with E-state index in [4.69, 9.17) is 0 Å². The predicted octanol–water partition coefficient (Wildman–Crippen LogP) is 1.85. The van der Waals surface area contributed by atoms with Crippen LogP contribution in [0.3, 0.4) is 0 Å². The van der Waals surface area contributed by atoms with Gasteiger partial charge in [0, 0.05) is 5.69 Å². The van der Waals surface area contributed by atoms with Crippen LogP contribution >= 0.6 is 11.8 Å². The van der Waals surface area contributed by atoms with Crippen LogP contribution in [-0.2, 0) is 11.2 Å². The average Bonchev–Trinajstić information content (AvgIpc) is 2.83. The van der Waals surface area contributed by atoms with Gasteiger partial charge in [0.05, 0.1) is 11.4 Å². The summed E-state index contributed by atoms with van der Waals surface area (Å²) in [6.45, 7) is 0. The number of amides is 1. The Morgan fingerprint density at radius 1 is 1.33 bits per heavy atom. The zero-order valence-corrected chi connectivity index (χ0v) is 10.4. The number of hydrogen-bond donors (Lipinski definition) is 2. The van der Waals surface area contributed by atoms with E-state index in [1.165, 1.54) is 17.3 Å². The van der Waals surface area contributed by atoms with E-state index in [2.05, 4.69) is 26.8 Å². The number of aryl methyl sites for hydroxylation is 1. The minimum absolute atomic E-state index is 0.0351. The Bertz CT molecular complexity index is 555. The molecule has 0 fully saturated rings. The van der Waals surface area contributed by atoms with Crippen LogP contribution in [0.15, 0.2) is 35.5 Å². The fourth-order valence-corrected chi connectivity index (χ4v) is 2.90. The third-order valence-corrected chi connectivity index (χ3v) is 4.07. The van der Waals surface area contributed by atoms with Crippen molar-refractivity contribution < 1.29 is 4.79 Å². The normalized spacial score (nSPS) is 18.9. The molecule has 0 saturated carbocycles. The van der Waals surface area contributed by atoms with Crippen molar-refractivity contribution in [2.75, 3.05) is 5.32 Å². The Hall–Kier alpha value is -1.82. The number of nitrogens with zero attached hydrogens (tertiary/aromatic N) is 2. The van der Waals surface area contributed by atoms with Gasteiger partial charge in [-0.3, -0.25) is 4.79 Å². The third-order valence-electron chi connectivity index (χ3n) is 2.90. The first-order chi connectivity index (χ1) is 8.83. The Morgan fingerprint density at radius 2 is 2.22 bits per heavy atom. The Labute approximate surface area is 108 Å². The van der Waals surface area contributed by atoms with E-state index < -0.39 is 0 Å². The lowest BCUT2D eigenvalue weighted by Gasteiger charge is -2.10. The molecule has 0 saturated heterocycles. The zero-order valence-electron chi connectivity index (χ0n) is 9.59. The monoisotopic (exact) mass is 260 g/mol. The van der Waals surface area contributed by atoms with Crippen LogP contribution in [0.1, 0.15) is 12.0 Å². The van der Waals surface area contributed by atoms with E-state index >= 15 is 0 Å². The highest BCUT2D eigenvalue weighted by atomic mass is 32.2. The highest BCUT2D eigenvalue weighted by molar-refractivity contribution is 8.00. The van der Waals surface area contributed by atoms with Crippen molar-refractivity contribution in [3.63, 3.8) is 0 Å². The summed E-state index contributed by atoms with van der Waals surface area (Å²) < 4.78 is 0. The van der Waals surface area contributed by atoms with Gasteiger partial charge >= 0.3 is 0 Å². The number of para-hydroxylation sites is 1. The number of thioether (sulfide) groups is 1. The minimum atomic E-state index is -0.123. The molecule has 1 aliphatic rings. The SMILES string of the molecule is O=C1Nc2ccccc2CC[C@@H]1Sc1cn[nH]n1. The van der Waals surface area contributed by atoms with Gasteiger partial charge < -0.3 is 5.32 Å². The van der Waals surface area contributed by atoms with Gasteiger partial charge in [0.1, 0.15) is 5.03 Å². The van der Waals surface area contributed by atoms with Gasteiger partial charge in [0.25, 0.3) is 0 Å². The molecular formula is C12H12N4OS. The highest BCUT2D eigenvalue weighted by Crippen LogP contribution is 2.29. The summed E-state index contributed by atoms with van der Waals surface area (Å²) >= 11 is 1.45. The quantitative estimate of drug-likeness (QED) is 0.864. The third kappa shape index (κ3) is 2.24. The van der Waals surface area contributed by atoms with Crippen molar-refractivity contribution in [2.45, 2.75) is 23.1 Å². The molecule has 6 heteroatoms. The summed E-state index contributed by atoms with van der Waals surface area (Å²) in [6, 6.07) is 7.93. The van der Waals surface area contributed by atoms with Gasteiger partial charge in [-0.05, 0) is 24.5 Å². The molecule has 0 aliphatic carbocycles. The van der Waals surface area contributed by atoms with Gasteiger partial charge in [0.2, 0.25) is 5.91 Å². The Kier molecular flexibility index (Phi) is 3.02. The van der Waals surface area contributed by atoms with Crippen molar-refractivity contribution in [2.24, 2.45) is 0 Å². The van der Waals surface area contributed by atoms with Crippen LogP contribution < -0.4 is 5.32 Å². The molecule has 2 aromatic rings. The number of benzene rings is 1. The van der Waals surface area contributed by atoms with E-state index in [9.17, 15) is 4.79 Å². The molecule has 2 N–H and O–H groups in total. The first-order valence-corrected chi connectivity index (χ1v) is 6.62. The largest absolute Gasteiger partial charge is 0.325 e. The molecule has 92 valence electrons. The van der Waals surface area contributed by atoms with Gasteiger partial charge in [0.15, 0.2) is 0 Å². The summed E-state index contributed by atoms with van der Waals surface area (Å²) in [5.74, 6) is 0.0351. The van der Waals surface area contributed by atoms with E-state index in [1.807, 2.05) is 18.2 Å². The van der Waals surface area contributed by atoms with Crippen molar-refractivity contribution in [3.8, 4) is 0 Å². The summed E-state index contributed by atoms with van der Waals surface area (Å²) in [7, 11) is 0. The maximum absolute atomic E-state index is 12.1. The molecule has 0 unspecified atom stereocenters. The molecule has 1 amide bonds. The van der Waals surface area contributed by atoms with Crippen LogP contribution in [0.25, 0.3) is 0 Å². The van der Waals surface area contributed by atoms with Crippen LogP contribution in [0.5, 0.6) is 0 Å². The predicted molar refractivity (Wildman–Crippen MR) is 69.4 cm³/mol. The fraction of sp³-hybridized carbons (Fsp3) is 0.250. The smallest absolute Gasteiger partial charge is 0.237 e. The minimum Gasteiger partial charge on any atom is -0.325 e. The number of hydrogen-bond acceptors (Lipinski definition) is 4. The molecule has 2 heterocycles. The number of nitrogens with one attached hydrogen (secondary N) is 2. The second-order valence-corrected chi connectivity index (χ2v) is 5.32. The topological polar surface area (TPSA) is 70.7 Å². The molecule has 3 rings (SSSR count). The van der Waals surface area contributed by atoms with Crippen LogP contribution in [-0.4, -0.2) is 26.6 Å². The number of rotatable bonds is 2. The van der Waals surface area contributed by atoms with Crippen molar-refractivity contribution in [3.05, 3.63) is 36.0 Å². The molecule has 5 nitrogen and oxygen atoms in total. The molecule has 1 aliphatic heterocycles. The Balaban J connectivity index is 1.78. The molecule has 0 radical (unpaired) electrons. The van der Waals surface area contributed by atoms with E-state index in [-0.39, 0.29) is 11.2 Å². The standard InChI is InChI=1S/C12H12N4OS/c17-12-10(18-11-7-13-16-15-11)6-5-8-3-1-2-4-9(8)14-12/h1-4,7,10H,5-6H2,(H,14,17)(H,13,15,16)/t10-/m0/s1. The van der Waals surface area contributed by atoms with E-state index in [1.54, 1.807) is 6.20 Å². The van der Waals surface area contributed by atoms with Crippen LogP contribution in [0.2, 0.25) is 0 Å².